The standard InChI is InChI=1S/C49H82O17P2/c1-2-3-4-5-6-7-8-9-10-12-15-18-21-24-27-30-33-36-42(51)62-39-41(40-63-68(60,61)66-49-46(55)44(53)45(54)48(47(49)56)65-67(57,58)59)64-43(52)37-34-31-28-25-22-19-16-13-11-14-17-20-23-26-29-32-35-38-50/h9-11,14-16,18-20,23-25,27-28,41,44-50,53-56H,2-8,12-13,17,21-22,26,29-40H2,1H3,(H,60,61)(H2,57,58,59)/b10-9-,14-11-,18-15-,19-16-,23-20-,27-24-,28-25-/t41-,44?,45?,46?,47?,48-,49+/m1/s1. The van der Waals surface area contributed by atoms with Crippen LogP contribution in [0.4, 0.5) is 0 Å². The molecule has 8 N–H and O–H groups in total. The van der Waals surface area contributed by atoms with Gasteiger partial charge in [0.2, 0.25) is 0 Å². The number of carbonyl (C=O) groups excluding carboxylic acids is 2. The zero-order valence-corrected chi connectivity index (χ0v) is 41.7. The molecule has 1 saturated carbocycles. The summed E-state index contributed by atoms with van der Waals surface area (Å²) in [5.74, 6) is -1.35. The smallest absolute Gasteiger partial charge is 0.462 e. The maximum Gasteiger partial charge on any atom is 0.472 e. The minimum atomic E-state index is -5.38. The average molecular weight is 1010 g/mol. The van der Waals surface area contributed by atoms with Gasteiger partial charge in [0, 0.05) is 19.4 Å². The third kappa shape index (κ3) is 33.6. The molecule has 0 amide bonds. The van der Waals surface area contributed by atoms with Crippen LogP contribution >= 0.6 is 15.6 Å². The number of phosphoric ester groups is 2. The van der Waals surface area contributed by atoms with E-state index in [0.29, 0.717) is 32.1 Å². The van der Waals surface area contributed by atoms with Crippen molar-refractivity contribution in [1.29, 1.82) is 0 Å². The molecule has 0 saturated heterocycles. The van der Waals surface area contributed by atoms with Gasteiger partial charge in [-0.1, -0.05) is 131 Å². The molecule has 390 valence electrons. The third-order valence-electron chi connectivity index (χ3n) is 10.5. The second-order valence-corrected chi connectivity index (χ2v) is 19.1. The molecule has 0 aromatic heterocycles. The quantitative estimate of drug-likeness (QED) is 0.0124. The lowest BCUT2D eigenvalue weighted by atomic mass is 9.85. The van der Waals surface area contributed by atoms with Crippen LogP contribution in [0.25, 0.3) is 0 Å². The number of carbonyl (C=O) groups is 2. The van der Waals surface area contributed by atoms with E-state index in [1.807, 2.05) is 30.4 Å². The largest absolute Gasteiger partial charge is 0.472 e. The average Bonchev–Trinajstić information content (AvgIpc) is 3.29. The van der Waals surface area contributed by atoms with Crippen LogP contribution in [0.15, 0.2) is 85.1 Å². The molecule has 5 unspecified atom stereocenters. The van der Waals surface area contributed by atoms with Crippen LogP contribution in [0.1, 0.15) is 148 Å². The normalized spacial score (nSPS) is 22.0. The lowest BCUT2D eigenvalue weighted by molar-refractivity contribution is -0.216. The summed E-state index contributed by atoms with van der Waals surface area (Å²) in [6, 6.07) is 0. The molecular weight excluding hydrogens is 922 g/mol. The van der Waals surface area contributed by atoms with Gasteiger partial charge >= 0.3 is 27.6 Å². The van der Waals surface area contributed by atoms with Crippen molar-refractivity contribution in [1.82, 2.24) is 0 Å². The van der Waals surface area contributed by atoms with E-state index < -0.39 is 83.5 Å². The highest BCUT2D eigenvalue weighted by atomic mass is 31.2. The summed E-state index contributed by atoms with van der Waals surface area (Å²) in [4.78, 5) is 54.3. The van der Waals surface area contributed by atoms with Crippen LogP contribution in [-0.2, 0) is 41.8 Å². The van der Waals surface area contributed by atoms with Crippen molar-refractivity contribution in [2.75, 3.05) is 19.8 Å². The van der Waals surface area contributed by atoms with Gasteiger partial charge in [0.15, 0.2) is 6.10 Å². The second kappa shape index (κ2) is 39.8. The van der Waals surface area contributed by atoms with E-state index >= 15 is 0 Å². The van der Waals surface area contributed by atoms with E-state index in [1.54, 1.807) is 0 Å². The molecule has 1 aliphatic rings. The Labute approximate surface area is 404 Å². The van der Waals surface area contributed by atoms with Crippen molar-refractivity contribution in [2.24, 2.45) is 0 Å². The van der Waals surface area contributed by atoms with Crippen molar-refractivity contribution in [3.63, 3.8) is 0 Å². The topological polar surface area (TPSA) is 276 Å². The van der Waals surface area contributed by atoms with Crippen molar-refractivity contribution >= 4 is 27.6 Å². The Bertz CT molecular complexity index is 1640. The molecule has 0 heterocycles. The number of aliphatic hydroxyl groups is 5. The Morgan fingerprint density at radius 1 is 0.500 bits per heavy atom. The number of unbranched alkanes of at least 4 members (excludes halogenated alkanes) is 11. The number of hydrogen-bond acceptors (Lipinski definition) is 14. The summed E-state index contributed by atoms with van der Waals surface area (Å²) in [6.45, 7) is 1.01. The molecule has 68 heavy (non-hydrogen) atoms. The monoisotopic (exact) mass is 1000 g/mol. The van der Waals surface area contributed by atoms with Gasteiger partial charge < -0.3 is 49.7 Å². The molecule has 1 fully saturated rings. The third-order valence-corrected chi connectivity index (χ3v) is 12.0. The number of hydrogen-bond donors (Lipinski definition) is 8. The molecule has 17 nitrogen and oxygen atoms in total. The van der Waals surface area contributed by atoms with E-state index in [9.17, 15) is 53.8 Å². The number of allylic oxidation sites excluding steroid dienone is 14. The molecule has 8 atom stereocenters. The van der Waals surface area contributed by atoms with E-state index in [-0.39, 0.29) is 19.4 Å². The second-order valence-electron chi connectivity index (χ2n) is 16.5. The number of ether oxygens (including phenoxy) is 2. The highest BCUT2D eigenvalue weighted by molar-refractivity contribution is 7.47. The molecule has 0 aliphatic heterocycles. The van der Waals surface area contributed by atoms with Crippen LogP contribution < -0.4 is 0 Å². The summed E-state index contributed by atoms with van der Waals surface area (Å²) in [7, 11) is -10.7. The first-order chi connectivity index (χ1) is 32.6. The summed E-state index contributed by atoms with van der Waals surface area (Å²) >= 11 is 0. The van der Waals surface area contributed by atoms with Crippen molar-refractivity contribution < 1.29 is 82.0 Å². The van der Waals surface area contributed by atoms with Crippen LogP contribution in [0.3, 0.4) is 0 Å². The first-order valence-electron chi connectivity index (χ1n) is 24.2. The Morgan fingerprint density at radius 3 is 1.38 bits per heavy atom. The summed E-state index contributed by atoms with van der Waals surface area (Å²) in [6.07, 6.45) is 32.8. The van der Waals surface area contributed by atoms with Crippen LogP contribution in [0.2, 0.25) is 0 Å². The lowest BCUT2D eigenvalue weighted by Gasteiger charge is -2.43. The van der Waals surface area contributed by atoms with Gasteiger partial charge in [-0.25, -0.2) is 9.13 Å². The van der Waals surface area contributed by atoms with Gasteiger partial charge in [-0.3, -0.25) is 23.2 Å². The first-order valence-corrected chi connectivity index (χ1v) is 27.3. The molecule has 0 aromatic rings. The van der Waals surface area contributed by atoms with Gasteiger partial charge in [0.05, 0.1) is 6.61 Å². The van der Waals surface area contributed by atoms with Crippen LogP contribution in [0.5, 0.6) is 0 Å². The summed E-state index contributed by atoms with van der Waals surface area (Å²) in [5.41, 5.74) is 0. The minimum Gasteiger partial charge on any atom is -0.462 e. The number of esters is 2. The molecule has 19 heteroatoms. The number of rotatable bonds is 40. The molecule has 0 bridgehead atoms. The Kier molecular flexibility index (Phi) is 37.0. The summed E-state index contributed by atoms with van der Waals surface area (Å²) < 4.78 is 49.3. The van der Waals surface area contributed by atoms with E-state index in [2.05, 4.69) is 66.1 Å². The number of aliphatic hydroxyl groups excluding tert-OH is 5. The fraction of sp³-hybridized carbons (Fsp3) is 0.673. The Hall–Kier alpha value is -2.86. The number of phosphoric acid groups is 2. The molecule has 1 rings (SSSR count). The maximum atomic E-state index is 13.0. The van der Waals surface area contributed by atoms with Gasteiger partial charge in [0.25, 0.3) is 0 Å². The minimum absolute atomic E-state index is 0.0276. The van der Waals surface area contributed by atoms with E-state index in [1.165, 1.54) is 38.5 Å². The molecular formula is C49H82O17P2. The highest BCUT2D eigenvalue weighted by Crippen LogP contribution is 2.49. The van der Waals surface area contributed by atoms with Gasteiger partial charge in [-0.2, -0.15) is 0 Å². The molecule has 0 spiro atoms. The highest BCUT2D eigenvalue weighted by Gasteiger charge is 2.54. The van der Waals surface area contributed by atoms with Crippen molar-refractivity contribution in [2.45, 2.75) is 191 Å². The zero-order chi connectivity index (χ0) is 50.3. The fourth-order valence-corrected chi connectivity index (χ4v) is 8.26. The fourth-order valence-electron chi connectivity index (χ4n) is 6.72. The molecule has 0 aromatic carbocycles. The summed E-state index contributed by atoms with van der Waals surface area (Å²) in [5, 5.41) is 50.1. The van der Waals surface area contributed by atoms with Crippen molar-refractivity contribution in [3.05, 3.63) is 85.1 Å². The van der Waals surface area contributed by atoms with Crippen LogP contribution in [-0.4, -0.2) is 115 Å². The predicted molar refractivity (Wildman–Crippen MR) is 261 cm³/mol. The lowest BCUT2D eigenvalue weighted by Crippen LogP contribution is -2.64. The SMILES string of the molecule is CCCCCCCC/C=C\C/C=C\C/C=C\CCCC(=O)OC[C@H](COP(=O)(O)O[C@H]1C(O)C(O)C(O)[C@@H](OP(=O)(O)O)C1O)OC(=O)CCC/C=C\C/C=C\C/C=C\C/C=C\CCCCCO. The first kappa shape index (κ1) is 63.2. The molecule has 1 aliphatic carbocycles. The molecule has 0 radical (unpaired) electrons. The van der Waals surface area contributed by atoms with Gasteiger partial charge in [0.1, 0.15) is 43.2 Å². The maximum absolute atomic E-state index is 13.0. The van der Waals surface area contributed by atoms with Gasteiger partial charge in [-0.15, -0.1) is 0 Å². The van der Waals surface area contributed by atoms with E-state index in [0.717, 1.165) is 57.8 Å². The van der Waals surface area contributed by atoms with Crippen molar-refractivity contribution in [3.8, 4) is 0 Å². The van der Waals surface area contributed by atoms with Gasteiger partial charge in [-0.05, 0) is 89.9 Å². The van der Waals surface area contributed by atoms with Crippen LogP contribution in [0, 0.1) is 0 Å². The zero-order valence-electron chi connectivity index (χ0n) is 39.9. The Morgan fingerprint density at radius 2 is 0.912 bits per heavy atom. The predicted octanol–water partition coefficient (Wildman–Crippen LogP) is 8.37. The van der Waals surface area contributed by atoms with E-state index in [4.69, 9.17) is 23.6 Å². The Balaban J connectivity index is 2.66.